The number of carbonyl (C=O) groups excluding carboxylic acids is 2. The van der Waals surface area contributed by atoms with Crippen molar-refractivity contribution in [3.8, 4) is 11.4 Å². The molecule has 0 aliphatic carbocycles. The van der Waals surface area contributed by atoms with Gasteiger partial charge in [-0.05, 0) is 49.5 Å². The number of hydrogen-bond donors (Lipinski definition) is 2. The minimum absolute atomic E-state index is 0.0590. The number of nitrogens with one attached hydrogen (secondary N) is 2. The van der Waals surface area contributed by atoms with Gasteiger partial charge in [0, 0.05) is 61.8 Å². The van der Waals surface area contributed by atoms with E-state index in [2.05, 4.69) is 32.5 Å². The van der Waals surface area contributed by atoms with E-state index in [1.54, 1.807) is 12.3 Å². The van der Waals surface area contributed by atoms with Crippen molar-refractivity contribution in [2.45, 2.75) is 6.92 Å². The van der Waals surface area contributed by atoms with Crippen LogP contribution in [0.2, 0.25) is 0 Å². The first-order valence-electron chi connectivity index (χ1n) is 10.5. The summed E-state index contributed by atoms with van der Waals surface area (Å²) in [5.41, 5.74) is 3.09. The second kappa shape index (κ2) is 9.57. The van der Waals surface area contributed by atoms with Crippen molar-refractivity contribution < 1.29 is 9.59 Å². The van der Waals surface area contributed by atoms with Crippen LogP contribution in [0.25, 0.3) is 11.4 Å². The van der Waals surface area contributed by atoms with Gasteiger partial charge in [-0.2, -0.15) is 0 Å². The lowest BCUT2D eigenvalue weighted by atomic mass is 10.1. The van der Waals surface area contributed by atoms with Crippen LogP contribution in [0.4, 0.5) is 17.2 Å². The quantitative estimate of drug-likeness (QED) is 0.646. The molecule has 164 valence electrons. The Balaban J connectivity index is 1.43. The van der Waals surface area contributed by atoms with E-state index in [0.29, 0.717) is 17.2 Å². The van der Waals surface area contributed by atoms with Gasteiger partial charge >= 0.3 is 0 Å². The Bertz CT molecular complexity index is 1090. The predicted molar refractivity (Wildman–Crippen MR) is 125 cm³/mol. The zero-order valence-electron chi connectivity index (χ0n) is 18.2. The van der Waals surface area contributed by atoms with E-state index in [9.17, 15) is 9.59 Å². The average Bonchev–Trinajstić information content (AvgIpc) is 2.80. The summed E-state index contributed by atoms with van der Waals surface area (Å²) in [5, 5.41) is 5.98. The number of amides is 2. The van der Waals surface area contributed by atoms with Crippen LogP contribution in [0.3, 0.4) is 0 Å². The van der Waals surface area contributed by atoms with Crippen molar-refractivity contribution in [2.75, 3.05) is 43.9 Å². The lowest BCUT2D eigenvalue weighted by Gasteiger charge is -2.32. The molecule has 3 aromatic rings. The number of anilines is 3. The molecular weight excluding hydrogens is 404 g/mol. The summed E-state index contributed by atoms with van der Waals surface area (Å²) in [6.07, 6.45) is 1.69. The molecule has 1 fully saturated rings. The number of piperazine rings is 1. The lowest BCUT2D eigenvalue weighted by Crippen LogP contribution is -2.47. The molecule has 0 atom stereocenters. The predicted octanol–water partition coefficient (Wildman–Crippen LogP) is 3.23. The molecule has 1 saturated heterocycles. The molecule has 0 spiro atoms. The van der Waals surface area contributed by atoms with Gasteiger partial charge in [0.05, 0.1) is 0 Å². The smallest absolute Gasteiger partial charge is 0.253 e. The monoisotopic (exact) mass is 430 g/mol. The van der Waals surface area contributed by atoms with Crippen LogP contribution in [0.1, 0.15) is 17.3 Å². The van der Waals surface area contributed by atoms with Crippen LogP contribution in [0.5, 0.6) is 0 Å². The van der Waals surface area contributed by atoms with Crippen molar-refractivity contribution >= 4 is 29.0 Å². The topological polar surface area (TPSA) is 90.5 Å². The summed E-state index contributed by atoms with van der Waals surface area (Å²) in [6.45, 7) is 4.77. The van der Waals surface area contributed by atoms with Gasteiger partial charge < -0.3 is 20.4 Å². The summed E-state index contributed by atoms with van der Waals surface area (Å²) in [7, 11) is 2.07. The first-order valence-corrected chi connectivity index (χ1v) is 10.5. The summed E-state index contributed by atoms with van der Waals surface area (Å²) in [6, 6.07) is 16.6. The molecule has 0 radical (unpaired) electrons. The summed E-state index contributed by atoms with van der Waals surface area (Å²) in [4.78, 5) is 37.0. The highest BCUT2D eigenvalue weighted by atomic mass is 16.2. The van der Waals surface area contributed by atoms with Crippen LogP contribution >= 0.6 is 0 Å². The van der Waals surface area contributed by atoms with E-state index in [-0.39, 0.29) is 11.8 Å². The summed E-state index contributed by atoms with van der Waals surface area (Å²) < 4.78 is 0. The third kappa shape index (κ3) is 5.28. The van der Waals surface area contributed by atoms with Crippen LogP contribution in [-0.2, 0) is 4.79 Å². The molecule has 2 amide bonds. The zero-order chi connectivity index (χ0) is 22.5. The van der Waals surface area contributed by atoms with Crippen molar-refractivity contribution in [3.05, 3.63) is 66.4 Å². The number of benzene rings is 2. The fraction of sp³-hybridized carbons (Fsp3) is 0.250. The van der Waals surface area contributed by atoms with Gasteiger partial charge in [-0.1, -0.05) is 12.1 Å². The summed E-state index contributed by atoms with van der Waals surface area (Å²) in [5.74, 6) is 1.18. The SMILES string of the molecule is CC(=O)Nc1ccc(Nc2ccnc(-c3ccc(C(=O)N4CCN(C)CC4)cc3)n2)cc1. The molecule has 0 unspecified atom stereocenters. The van der Waals surface area contributed by atoms with E-state index < -0.39 is 0 Å². The molecule has 0 bridgehead atoms. The Morgan fingerprint density at radius 2 is 1.53 bits per heavy atom. The van der Waals surface area contributed by atoms with E-state index in [4.69, 9.17) is 0 Å². The normalized spacial score (nSPS) is 14.1. The zero-order valence-corrected chi connectivity index (χ0v) is 18.2. The lowest BCUT2D eigenvalue weighted by molar-refractivity contribution is -0.114. The molecule has 1 aromatic heterocycles. The van der Waals surface area contributed by atoms with Crippen LogP contribution in [-0.4, -0.2) is 64.8 Å². The van der Waals surface area contributed by atoms with Gasteiger partial charge in [0.1, 0.15) is 5.82 Å². The minimum atomic E-state index is -0.109. The minimum Gasteiger partial charge on any atom is -0.340 e. The maximum atomic E-state index is 12.7. The Morgan fingerprint density at radius 3 is 2.19 bits per heavy atom. The molecule has 2 N–H and O–H groups in total. The molecule has 8 nitrogen and oxygen atoms in total. The van der Waals surface area contributed by atoms with E-state index in [1.807, 2.05) is 53.4 Å². The highest BCUT2D eigenvalue weighted by Crippen LogP contribution is 2.21. The number of hydrogen-bond acceptors (Lipinski definition) is 6. The molecule has 8 heteroatoms. The van der Waals surface area contributed by atoms with Gasteiger partial charge in [-0.25, -0.2) is 9.97 Å². The molecule has 0 saturated carbocycles. The molecule has 32 heavy (non-hydrogen) atoms. The van der Waals surface area contributed by atoms with E-state index >= 15 is 0 Å². The van der Waals surface area contributed by atoms with Crippen LogP contribution in [0, 0.1) is 0 Å². The number of nitrogens with zero attached hydrogens (tertiary/aromatic N) is 4. The largest absolute Gasteiger partial charge is 0.340 e. The van der Waals surface area contributed by atoms with Gasteiger partial charge in [0.15, 0.2) is 5.82 Å². The molecule has 1 aliphatic heterocycles. The molecular formula is C24H26N6O2. The average molecular weight is 431 g/mol. The first-order chi connectivity index (χ1) is 15.5. The van der Waals surface area contributed by atoms with Crippen molar-refractivity contribution in [1.29, 1.82) is 0 Å². The standard InChI is InChI=1S/C24H26N6O2/c1-17(31)26-20-7-9-21(10-8-20)27-22-11-12-25-23(28-22)18-3-5-19(6-4-18)24(32)30-15-13-29(2)14-16-30/h3-12H,13-16H2,1-2H3,(H,26,31)(H,25,27,28). The Labute approximate surface area is 187 Å². The number of aromatic nitrogens is 2. The van der Waals surface area contributed by atoms with Crippen molar-refractivity contribution in [1.82, 2.24) is 19.8 Å². The second-order valence-corrected chi connectivity index (χ2v) is 7.82. The van der Waals surface area contributed by atoms with Crippen molar-refractivity contribution in [2.24, 2.45) is 0 Å². The molecule has 4 rings (SSSR count). The maximum Gasteiger partial charge on any atom is 0.253 e. The van der Waals surface area contributed by atoms with Gasteiger partial charge in [-0.3, -0.25) is 9.59 Å². The van der Waals surface area contributed by atoms with E-state index in [1.165, 1.54) is 6.92 Å². The number of carbonyl (C=O) groups is 2. The third-order valence-corrected chi connectivity index (χ3v) is 5.31. The fourth-order valence-corrected chi connectivity index (χ4v) is 3.51. The van der Waals surface area contributed by atoms with E-state index in [0.717, 1.165) is 43.1 Å². The first kappa shape index (κ1) is 21.5. The van der Waals surface area contributed by atoms with Crippen LogP contribution < -0.4 is 10.6 Å². The second-order valence-electron chi connectivity index (χ2n) is 7.82. The highest BCUT2D eigenvalue weighted by Gasteiger charge is 2.20. The maximum absolute atomic E-state index is 12.7. The summed E-state index contributed by atoms with van der Waals surface area (Å²) >= 11 is 0. The Kier molecular flexibility index (Phi) is 6.42. The number of rotatable bonds is 5. The molecule has 1 aliphatic rings. The Hall–Kier alpha value is -3.78. The van der Waals surface area contributed by atoms with Crippen LogP contribution in [0.15, 0.2) is 60.8 Å². The molecule has 2 aromatic carbocycles. The van der Waals surface area contributed by atoms with Gasteiger partial charge in [0.25, 0.3) is 5.91 Å². The van der Waals surface area contributed by atoms with Crippen molar-refractivity contribution in [3.63, 3.8) is 0 Å². The van der Waals surface area contributed by atoms with Gasteiger partial charge in [-0.15, -0.1) is 0 Å². The fourth-order valence-electron chi connectivity index (χ4n) is 3.51. The number of likely N-dealkylation sites (N-methyl/N-ethyl adjacent to an activating group) is 1. The van der Waals surface area contributed by atoms with Gasteiger partial charge in [0.2, 0.25) is 5.91 Å². The molecule has 2 heterocycles. The highest BCUT2D eigenvalue weighted by molar-refractivity contribution is 5.94. The Morgan fingerprint density at radius 1 is 0.875 bits per heavy atom. The third-order valence-electron chi connectivity index (χ3n) is 5.31.